The summed E-state index contributed by atoms with van der Waals surface area (Å²) < 4.78 is 0. The van der Waals surface area contributed by atoms with Crippen molar-refractivity contribution in [2.24, 2.45) is 0 Å². The van der Waals surface area contributed by atoms with Crippen LogP contribution in [0.4, 0.5) is 0 Å². The Labute approximate surface area is 105 Å². The second-order valence-corrected chi connectivity index (χ2v) is 5.44. The Balaban J connectivity index is 1.75. The van der Waals surface area contributed by atoms with Gasteiger partial charge in [-0.3, -0.25) is 0 Å². The molecule has 1 aromatic carbocycles. The maximum absolute atomic E-state index is 10.1. The molecule has 1 heterocycles. The highest BCUT2D eigenvalue weighted by Gasteiger charge is 2.29. The van der Waals surface area contributed by atoms with Gasteiger partial charge in [0.25, 0.3) is 0 Å². The molecule has 0 saturated carbocycles. The molecule has 3 rings (SSSR count). The Morgan fingerprint density at radius 1 is 1.24 bits per heavy atom. The highest BCUT2D eigenvalue weighted by Crippen LogP contribution is 2.31. The van der Waals surface area contributed by atoms with Crippen molar-refractivity contribution >= 4 is 11.3 Å². The third-order valence-electron chi connectivity index (χ3n) is 3.28. The third kappa shape index (κ3) is 2.14. The molecule has 0 fully saturated rings. The first-order valence-electron chi connectivity index (χ1n) is 5.86. The summed E-state index contributed by atoms with van der Waals surface area (Å²) in [7, 11) is 0. The lowest BCUT2D eigenvalue weighted by Crippen LogP contribution is -2.28. The fraction of sp³-hybridized carbons (Fsp3) is 0.286. The van der Waals surface area contributed by atoms with E-state index in [1.54, 1.807) is 11.3 Å². The number of thiophene rings is 1. The average molecular weight is 245 g/mol. The van der Waals surface area contributed by atoms with Gasteiger partial charge in [-0.1, -0.05) is 30.3 Å². The third-order valence-corrected chi connectivity index (χ3v) is 4.16. The number of aliphatic hydroxyl groups excluding tert-OH is 1. The van der Waals surface area contributed by atoms with E-state index in [4.69, 9.17) is 0 Å². The summed E-state index contributed by atoms with van der Waals surface area (Å²) in [6.45, 7) is 0.827. The SMILES string of the molecule is O[C@@H]1Cc2ccccc2[C@@H]1NCc1cccs1. The quantitative estimate of drug-likeness (QED) is 0.871. The van der Waals surface area contributed by atoms with Gasteiger partial charge in [-0.15, -0.1) is 11.3 Å². The number of rotatable bonds is 3. The fourth-order valence-corrected chi connectivity index (χ4v) is 3.10. The summed E-state index contributed by atoms with van der Waals surface area (Å²) in [5, 5.41) is 15.6. The molecule has 2 N–H and O–H groups in total. The number of nitrogens with one attached hydrogen (secondary N) is 1. The van der Waals surface area contributed by atoms with Crippen LogP contribution in [0.5, 0.6) is 0 Å². The molecule has 0 unspecified atom stereocenters. The van der Waals surface area contributed by atoms with E-state index in [9.17, 15) is 5.11 Å². The first-order valence-corrected chi connectivity index (χ1v) is 6.74. The topological polar surface area (TPSA) is 32.3 Å². The Morgan fingerprint density at radius 2 is 2.12 bits per heavy atom. The van der Waals surface area contributed by atoms with Crippen LogP contribution in [-0.2, 0) is 13.0 Å². The van der Waals surface area contributed by atoms with Crippen LogP contribution in [0.3, 0.4) is 0 Å². The number of aliphatic hydroxyl groups is 1. The minimum absolute atomic E-state index is 0.0771. The molecule has 2 nitrogen and oxygen atoms in total. The largest absolute Gasteiger partial charge is 0.391 e. The molecule has 0 spiro atoms. The normalized spacial score (nSPS) is 22.6. The van der Waals surface area contributed by atoms with Gasteiger partial charge in [-0.2, -0.15) is 0 Å². The van der Waals surface area contributed by atoms with Crippen LogP contribution in [0.25, 0.3) is 0 Å². The van der Waals surface area contributed by atoms with E-state index in [2.05, 4.69) is 35.0 Å². The lowest BCUT2D eigenvalue weighted by atomic mass is 10.1. The van der Waals surface area contributed by atoms with Gasteiger partial charge in [0.05, 0.1) is 12.1 Å². The average Bonchev–Trinajstić information content (AvgIpc) is 2.93. The summed E-state index contributed by atoms with van der Waals surface area (Å²) >= 11 is 1.74. The molecular formula is C14H15NOS. The number of fused-ring (bicyclic) bond motifs is 1. The minimum Gasteiger partial charge on any atom is -0.391 e. The zero-order valence-electron chi connectivity index (χ0n) is 9.47. The zero-order chi connectivity index (χ0) is 11.7. The van der Waals surface area contributed by atoms with Crippen molar-refractivity contribution in [1.29, 1.82) is 0 Å². The van der Waals surface area contributed by atoms with E-state index in [0.717, 1.165) is 13.0 Å². The Kier molecular flexibility index (Phi) is 2.97. The lowest BCUT2D eigenvalue weighted by molar-refractivity contribution is 0.141. The van der Waals surface area contributed by atoms with Gasteiger partial charge in [0.15, 0.2) is 0 Å². The Morgan fingerprint density at radius 3 is 2.94 bits per heavy atom. The van der Waals surface area contributed by atoms with Crippen LogP contribution in [0, 0.1) is 0 Å². The van der Waals surface area contributed by atoms with Gasteiger partial charge < -0.3 is 10.4 Å². The number of hydrogen-bond donors (Lipinski definition) is 2. The van der Waals surface area contributed by atoms with Crippen LogP contribution in [-0.4, -0.2) is 11.2 Å². The van der Waals surface area contributed by atoms with Gasteiger partial charge in [0.2, 0.25) is 0 Å². The van der Waals surface area contributed by atoms with Crippen molar-refractivity contribution in [2.75, 3.05) is 0 Å². The van der Waals surface area contributed by atoms with Crippen LogP contribution < -0.4 is 5.32 Å². The first kappa shape index (κ1) is 11.0. The predicted molar refractivity (Wildman–Crippen MR) is 70.1 cm³/mol. The van der Waals surface area contributed by atoms with Gasteiger partial charge >= 0.3 is 0 Å². The highest BCUT2D eigenvalue weighted by atomic mass is 32.1. The molecular weight excluding hydrogens is 230 g/mol. The molecule has 1 aromatic heterocycles. The van der Waals surface area contributed by atoms with Crippen molar-refractivity contribution in [3.05, 3.63) is 57.8 Å². The summed E-state index contributed by atoms with van der Waals surface area (Å²) in [5.74, 6) is 0. The van der Waals surface area contributed by atoms with Gasteiger partial charge in [-0.25, -0.2) is 0 Å². The monoisotopic (exact) mass is 245 g/mol. The van der Waals surface area contributed by atoms with E-state index in [1.807, 2.05) is 12.1 Å². The molecule has 0 aliphatic heterocycles. The zero-order valence-corrected chi connectivity index (χ0v) is 10.3. The van der Waals surface area contributed by atoms with Crippen molar-refractivity contribution in [3.8, 4) is 0 Å². The minimum atomic E-state index is -0.299. The summed E-state index contributed by atoms with van der Waals surface area (Å²) in [4.78, 5) is 1.31. The van der Waals surface area contributed by atoms with Crippen LogP contribution in [0.2, 0.25) is 0 Å². The summed E-state index contributed by atoms with van der Waals surface area (Å²) in [5.41, 5.74) is 2.51. The first-order chi connectivity index (χ1) is 8.34. The van der Waals surface area contributed by atoms with Crippen LogP contribution >= 0.6 is 11.3 Å². The van der Waals surface area contributed by atoms with E-state index in [1.165, 1.54) is 16.0 Å². The Bertz CT molecular complexity index is 495. The summed E-state index contributed by atoms with van der Waals surface area (Å²) in [6, 6.07) is 12.5. The molecule has 1 aliphatic rings. The van der Waals surface area contributed by atoms with Crippen molar-refractivity contribution < 1.29 is 5.11 Å². The Hall–Kier alpha value is -1.16. The van der Waals surface area contributed by atoms with E-state index >= 15 is 0 Å². The molecule has 3 heteroatoms. The lowest BCUT2D eigenvalue weighted by Gasteiger charge is -2.17. The molecule has 0 bridgehead atoms. The van der Waals surface area contributed by atoms with Crippen molar-refractivity contribution in [3.63, 3.8) is 0 Å². The molecule has 0 amide bonds. The van der Waals surface area contributed by atoms with Gasteiger partial charge in [0, 0.05) is 17.8 Å². The molecule has 17 heavy (non-hydrogen) atoms. The van der Waals surface area contributed by atoms with Gasteiger partial charge in [0.1, 0.15) is 0 Å². The van der Waals surface area contributed by atoms with Crippen LogP contribution in [0.15, 0.2) is 41.8 Å². The number of hydrogen-bond acceptors (Lipinski definition) is 3. The molecule has 88 valence electrons. The second-order valence-electron chi connectivity index (χ2n) is 4.41. The molecule has 2 aromatic rings. The molecule has 1 aliphatic carbocycles. The smallest absolute Gasteiger partial charge is 0.0775 e. The van der Waals surface area contributed by atoms with Crippen molar-refractivity contribution in [1.82, 2.24) is 5.32 Å². The number of benzene rings is 1. The van der Waals surface area contributed by atoms with Gasteiger partial charge in [-0.05, 0) is 22.6 Å². The van der Waals surface area contributed by atoms with E-state index in [0.29, 0.717) is 0 Å². The standard InChI is InChI=1S/C14H15NOS/c16-13-8-10-4-1-2-6-12(10)14(13)15-9-11-5-3-7-17-11/h1-7,13-16H,8-9H2/t13-,14+/m1/s1. The van der Waals surface area contributed by atoms with E-state index < -0.39 is 0 Å². The summed E-state index contributed by atoms with van der Waals surface area (Å²) in [6.07, 6.45) is 0.463. The maximum Gasteiger partial charge on any atom is 0.0775 e. The predicted octanol–water partition coefficient (Wildman–Crippen LogP) is 2.50. The highest BCUT2D eigenvalue weighted by molar-refractivity contribution is 7.09. The molecule has 0 radical (unpaired) electrons. The van der Waals surface area contributed by atoms with Crippen molar-refractivity contribution in [2.45, 2.75) is 25.1 Å². The van der Waals surface area contributed by atoms with Crippen LogP contribution in [0.1, 0.15) is 22.0 Å². The molecule has 2 atom stereocenters. The second kappa shape index (κ2) is 4.61. The van der Waals surface area contributed by atoms with E-state index in [-0.39, 0.29) is 12.1 Å². The molecule has 0 saturated heterocycles. The maximum atomic E-state index is 10.1. The fourth-order valence-electron chi connectivity index (χ4n) is 2.44.